The normalized spacial score (nSPS) is 11.5. The molecule has 0 N–H and O–H groups in total. The minimum atomic E-state index is 1.19. The van der Waals surface area contributed by atoms with Gasteiger partial charge < -0.3 is 0 Å². The predicted octanol–water partition coefficient (Wildman–Crippen LogP) is 4.42. The van der Waals surface area contributed by atoms with Crippen LogP contribution in [0.1, 0.15) is 11.1 Å². The quantitative estimate of drug-likeness (QED) is 0.755. The molecular weight excluding hydrogens is 280 g/mol. The third kappa shape index (κ3) is 2.95. The van der Waals surface area contributed by atoms with Gasteiger partial charge in [0.05, 0.1) is 0 Å². The van der Waals surface area contributed by atoms with Crippen LogP contribution in [0.25, 0.3) is 12.2 Å². The molecule has 0 atom stereocenters. The van der Waals surface area contributed by atoms with Crippen molar-refractivity contribution in [2.45, 2.75) is 0 Å². The van der Waals surface area contributed by atoms with Gasteiger partial charge in [0.2, 0.25) is 0 Å². The van der Waals surface area contributed by atoms with Crippen LogP contribution in [0, 0.1) is 0 Å². The number of hydrogen-bond acceptors (Lipinski definition) is 0. The molecule has 0 nitrogen and oxygen atoms in total. The van der Waals surface area contributed by atoms with E-state index in [9.17, 15) is 0 Å². The molecule has 1 aromatic carbocycles. The van der Waals surface area contributed by atoms with Gasteiger partial charge in [-0.25, -0.2) is 0 Å². The summed E-state index contributed by atoms with van der Waals surface area (Å²) >= 11 is 6.48. The van der Waals surface area contributed by atoms with E-state index in [1.165, 1.54) is 11.1 Å². The molecule has 0 amide bonds. The fraction of sp³-hybridized carbons (Fsp3) is 0. The lowest BCUT2D eigenvalue weighted by Gasteiger charge is -1.94. The summed E-state index contributed by atoms with van der Waals surface area (Å²) in [5, 5.41) is 0. The molecule has 0 saturated carbocycles. The highest BCUT2D eigenvalue weighted by atomic mass is 79.9. The van der Waals surface area contributed by atoms with Crippen molar-refractivity contribution in [1.29, 1.82) is 0 Å². The van der Waals surface area contributed by atoms with Crippen molar-refractivity contribution in [2.75, 3.05) is 0 Å². The van der Waals surface area contributed by atoms with Crippen LogP contribution in [0.3, 0.4) is 0 Å². The van der Waals surface area contributed by atoms with Gasteiger partial charge in [0.15, 0.2) is 0 Å². The highest BCUT2D eigenvalue weighted by Gasteiger charge is 1.87. The van der Waals surface area contributed by atoms with Crippen molar-refractivity contribution >= 4 is 44.0 Å². The Morgan fingerprint density at radius 2 is 1.42 bits per heavy atom. The van der Waals surface area contributed by atoms with E-state index in [4.69, 9.17) is 0 Å². The van der Waals surface area contributed by atoms with Gasteiger partial charge in [0.1, 0.15) is 0 Å². The topological polar surface area (TPSA) is 0 Å². The molecule has 0 aliphatic carbocycles. The van der Waals surface area contributed by atoms with Crippen molar-refractivity contribution in [1.82, 2.24) is 0 Å². The molecule has 62 valence electrons. The Labute approximate surface area is 89.2 Å². The highest BCUT2D eigenvalue weighted by Crippen LogP contribution is 2.10. The molecule has 12 heavy (non-hydrogen) atoms. The molecular formula is C10H8Br2. The molecule has 0 heterocycles. The summed E-state index contributed by atoms with van der Waals surface area (Å²) in [6.07, 6.45) is 4.01. The monoisotopic (exact) mass is 286 g/mol. The van der Waals surface area contributed by atoms with Crippen LogP contribution in [0.15, 0.2) is 34.2 Å². The second-order valence-corrected chi connectivity index (χ2v) is 3.31. The summed E-state index contributed by atoms with van der Waals surface area (Å²) in [6, 6.07) is 8.26. The third-order valence-corrected chi connectivity index (χ3v) is 1.95. The molecule has 1 aromatic rings. The molecule has 0 aliphatic heterocycles. The number of hydrogen-bond donors (Lipinski definition) is 0. The zero-order chi connectivity index (χ0) is 8.81. The average molecular weight is 288 g/mol. The first-order valence-electron chi connectivity index (χ1n) is 3.50. The smallest absolute Gasteiger partial charge is 0.0183 e. The van der Waals surface area contributed by atoms with Gasteiger partial charge in [-0.2, -0.15) is 0 Å². The first-order chi connectivity index (χ1) is 5.86. The van der Waals surface area contributed by atoms with E-state index in [1.54, 1.807) is 0 Å². The molecule has 0 aliphatic rings. The van der Waals surface area contributed by atoms with E-state index >= 15 is 0 Å². The van der Waals surface area contributed by atoms with Crippen molar-refractivity contribution < 1.29 is 0 Å². The molecule has 0 unspecified atom stereocenters. The lowest BCUT2D eigenvalue weighted by molar-refractivity contribution is 1.62. The fourth-order valence-electron chi connectivity index (χ4n) is 0.912. The molecule has 0 fully saturated rings. The van der Waals surface area contributed by atoms with Gasteiger partial charge in [-0.15, -0.1) is 0 Å². The average Bonchev–Trinajstić information content (AvgIpc) is 2.06. The van der Waals surface area contributed by atoms with Crippen LogP contribution >= 0.6 is 31.9 Å². The molecule has 0 bridgehead atoms. The maximum absolute atomic E-state index is 3.24. The lowest BCUT2D eigenvalue weighted by atomic mass is 10.1. The lowest BCUT2D eigenvalue weighted by Crippen LogP contribution is -1.73. The Hall–Kier alpha value is -0.340. The first-order valence-corrected chi connectivity index (χ1v) is 5.33. The Morgan fingerprint density at radius 1 is 0.917 bits per heavy atom. The second kappa shape index (κ2) is 5.33. The van der Waals surface area contributed by atoms with Crippen molar-refractivity contribution in [3.8, 4) is 0 Å². The Morgan fingerprint density at radius 3 is 1.83 bits per heavy atom. The van der Waals surface area contributed by atoms with E-state index in [0.29, 0.717) is 0 Å². The minimum absolute atomic E-state index is 1.19. The molecule has 0 aromatic heterocycles. The SMILES string of the molecule is BrC=Cc1cccc(C=CBr)c1. The zero-order valence-electron chi connectivity index (χ0n) is 6.37. The standard InChI is InChI=1S/C10H8Br2/c11-6-4-9-2-1-3-10(8-9)5-7-12/h1-8H. The van der Waals surface area contributed by atoms with Gasteiger partial charge in [-0.1, -0.05) is 50.1 Å². The van der Waals surface area contributed by atoms with Crippen molar-refractivity contribution in [3.05, 3.63) is 45.4 Å². The number of benzene rings is 1. The van der Waals surface area contributed by atoms with E-state index in [1.807, 2.05) is 28.2 Å². The van der Waals surface area contributed by atoms with Gasteiger partial charge in [-0.3, -0.25) is 0 Å². The van der Waals surface area contributed by atoms with E-state index < -0.39 is 0 Å². The van der Waals surface area contributed by atoms with Crippen LogP contribution in [0.2, 0.25) is 0 Å². The Balaban J connectivity index is 2.95. The van der Waals surface area contributed by atoms with E-state index in [-0.39, 0.29) is 0 Å². The fourth-order valence-corrected chi connectivity index (χ4v) is 1.52. The van der Waals surface area contributed by atoms with E-state index in [0.717, 1.165) is 0 Å². The number of rotatable bonds is 2. The summed E-state index contributed by atoms with van der Waals surface area (Å²) in [5.41, 5.74) is 2.38. The van der Waals surface area contributed by atoms with Gasteiger partial charge in [-0.05, 0) is 39.3 Å². The summed E-state index contributed by atoms with van der Waals surface area (Å²) < 4.78 is 0. The molecule has 0 spiro atoms. The first kappa shape index (κ1) is 9.75. The second-order valence-electron chi connectivity index (χ2n) is 2.26. The van der Waals surface area contributed by atoms with Gasteiger partial charge >= 0.3 is 0 Å². The van der Waals surface area contributed by atoms with Crippen LogP contribution in [-0.2, 0) is 0 Å². The third-order valence-electron chi connectivity index (χ3n) is 1.42. The van der Waals surface area contributed by atoms with Gasteiger partial charge in [0.25, 0.3) is 0 Å². The summed E-state index contributed by atoms with van der Waals surface area (Å²) in [7, 11) is 0. The summed E-state index contributed by atoms with van der Waals surface area (Å²) in [4.78, 5) is 3.70. The molecule has 0 saturated heterocycles. The maximum Gasteiger partial charge on any atom is -0.0183 e. The molecule has 1 rings (SSSR count). The molecule has 0 radical (unpaired) electrons. The Kier molecular flexibility index (Phi) is 4.33. The van der Waals surface area contributed by atoms with Crippen LogP contribution in [0.5, 0.6) is 0 Å². The van der Waals surface area contributed by atoms with Crippen molar-refractivity contribution in [2.24, 2.45) is 0 Å². The maximum atomic E-state index is 3.24. The van der Waals surface area contributed by atoms with E-state index in [2.05, 4.69) is 50.1 Å². The van der Waals surface area contributed by atoms with Crippen LogP contribution < -0.4 is 0 Å². The Bertz CT molecular complexity index is 273. The minimum Gasteiger partial charge on any atom is -0.0611 e. The summed E-state index contributed by atoms with van der Waals surface area (Å²) in [5.74, 6) is 0. The summed E-state index contributed by atoms with van der Waals surface area (Å²) in [6.45, 7) is 0. The zero-order valence-corrected chi connectivity index (χ0v) is 9.55. The van der Waals surface area contributed by atoms with Crippen molar-refractivity contribution in [3.63, 3.8) is 0 Å². The molecule has 2 heteroatoms. The largest absolute Gasteiger partial charge is 0.0611 e. The predicted molar refractivity (Wildman–Crippen MR) is 62.4 cm³/mol. The van der Waals surface area contributed by atoms with Gasteiger partial charge in [0, 0.05) is 0 Å². The highest BCUT2D eigenvalue weighted by molar-refractivity contribution is 9.11. The van der Waals surface area contributed by atoms with Crippen LogP contribution in [0.4, 0.5) is 0 Å². The van der Waals surface area contributed by atoms with Crippen LogP contribution in [-0.4, -0.2) is 0 Å². The number of halogens is 2.